The molecule has 0 bridgehead atoms. The molecule has 338 valence electrons. The summed E-state index contributed by atoms with van der Waals surface area (Å²) in [6.07, 6.45) is 6.71. The Morgan fingerprint density at radius 2 is 1.16 bits per heavy atom. The van der Waals surface area contributed by atoms with Crippen LogP contribution in [0.25, 0.3) is 5.57 Å². The summed E-state index contributed by atoms with van der Waals surface area (Å²) in [4.78, 5) is 0.00308. The largest absolute Gasteiger partial charge is 0.331 e. The molecule has 0 spiro atoms. The van der Waals surface area contributed by atoms with Crippen LogP contribution >= 0.6 is 0 Å². The summed E-state index contributed by atoms with van der Waals surface area (Å²) >= 11 is -2.60. The van der Waals surface area contributed by atoms with Crippen LogP contribution in [-0.4, -0.2) is 80.7 Å². The van der Waals surface area contributed by atoms with E-state index < -0.39 is 76.2 Å². The van der Waals surface area contributed by atoms with Crippen molar-refractivity contribution >= 4 is 62.9 Å². The molecule has 1 unspecified atom stereocenters. The minimum atomic E-state index is -4.69. The Morgan fingerprint density at radius 3 is 1.63 bits per heavy atom. The van der Waals surface area contributed by atoms with Gasteiger partial charge in [0.1, 0.15) is 5.57 Å². The lowest BCUT2D eigenvalue weighted by Gasteiger charge is -2.26. The first kappa shape index (κ1) is 49.5. The van der Waals surface area contributed by atoms with Crippen LogP contribution in [0.5, 0.6) is 0 Å². The Morgan fingerprint density at radius 1 is 0.667 bits per heavy atom. The Bertz CT molecular complexity index is 3000. The van der Waals surface area contributed by atoms with Gasteiger partial charge in [0.25, 0.3) is 31.5 Å². The number of anilines is 1. The molecule has 15 nitrogen and oxygen atoms in total. The molecule has 0 aliphatic heterocycles. The summed E-state index contributed by atoms with van der Waals surface area (Å²) in [5.41, 5.74) is 9.36. The lowest BCUT2D eigenvalue weighted by Crippen LogP contribution is -2.32. The molecule has 1 atom stereocenters. The van der Waals surface area contributed by atoms with Crippen LogP contribution < -0.4 is 9.03 Å². The number of nitrogens with zero attached hydrogens (tertiary/aromatic N) is 1. The van der Waals surface area contributed by atoms with Gasteiger partial charge in [0.2, 0.25) is 10.0 Å². The van der Waals surface area contributed by atoms with E-state index in [4.69, 9.17) is 4.55 Å². The molecule has 0 radical (unpaired) electrons. The molecule has 0 heterocycles. The molecule has 1 aliphatic carbocycles. The summed E-state index contributed by atoms with van der Waals surface area (Å²) < 4.78 is 152. The number of rotatable bonds is 17. The zero-order chi connectivity index (χ0) is 46.8. The van der Waals surface area contributed by atoms with E-state index in [-0.39, 0.29) is 15.7 Å². The predicted octanol–water partition coefficient (Wildman–Crippen LogP) is 6.06. The fraction of sp³-hybridized carbons (Fsp3) is 0.279. The number of allylic oxidation sites excluding steroid dienone is 3. The topological polar surface area (TPSA) is 250 Å². The minimum Gasteiger partial charge on any atom is -0.289 e. The van der Waals surface area contributed by atoms with Gasteiger partial charge in [-0.2, -0.15) is 25.3 Å². The van der Waals surface area contributed by atoms with E-state index in [1.165, 1.54) is 12.2 Å². The summed E-state index contributed by atoms with van der Waals surface area (Å²) in [6.45, 7) is 9.62. The highest BCUT2D eigenvalue weighted by Gasteiger charge is 2.36. The predicted molar refractivity (Wildman–Crippen MR) is 245 cm³/mol. The molecular weight excluding hydrogens is 913 g/mol. The average molecular weight is 962 g/mol. The average Bonchev–Trinajstić information content (AvgIpc) is 3.16. The first-order valence-corrected chi connectivity index (χ1v) is 26.5. The van der Waals surface area contributed by atoms with Crippen LogP contribution in [0.3, 0.4) is 0 Å². The van der Waals surface area contributed by atoms with Crippen LogP contribution in [0.1, 0.15) is 66.8 Å². The van der Waals surface area contributed by atoms with E-state index >= 15 is 0 Å². The van der Waals surface area contributed by atoms with Gasteiger partial charge in [-0.15, -0.1) is 0 Å². The molecule has 4 aromatic carbocycles. The van der Waals surface area contributed by atoms with E-state index in [9.17, 15) is 51.5 Å². The molecule has 0 saturated heterocycles. The second-order valence-corrected chi connectivity index (χ2v) is 22.4. The smallest absolute Gasteiger partial charge is 0.289 e. The maximum Gasteiger partial charge on any atom is 0.331 e. The highest BCUT2D eigenvalue weighted by molar-refractivity contribution is 7.90. The lowest BCUT2D eigenvalue weighted by atomic mass is 9.87. The number of aryl methyl sites for hydroxylation is 4. The van der Waals surface area contributed by atoms with E-state index in [1.807, 2.05) is 56.3 Å². The SMILES string of the molecule is Cc1cc(C)c(N(CCS(=O)(=O)O)S(=O)O)c(C)c1Cc1ccc(C(=C2C=CC=C[C+]2S(=O)(=O)O)c2ccc(Cc3c(C)cc(C)c(S(=O)(=O)NCCS(=O)(=O)O)c3C)cc2)cc1. The first-order chi connectivity index (χ1) is 29.2. The molecule has 4 aromatic rings. The first-order valence-electron chi connectivity index (χ1n) is 19.3. The fourth-order valence-corrected chi connectivity index (χ4v) is 11.9. The third-order valence-corrected chi connectivity index (χ3v) is 15.6. The van der Waals surface area contributed by atoms with Gasteiger partial charge in [-0.25, -0.2) is 17.3 Å². The van der Waals surface area contributed by atoms with Crippen LogP contribution in [0.4, 0.5) is 5.69 Å². The summed E-state index contributed by atoms with van der Waals surface area (Å²) in [5.74, 6) is -1.54. The van der Waals surface area contributed by atoms with Crippen molar-refractivity contribution in [2.45, 2.75) is 59.3 Å². The van der Waals surface area contributed by atoms with Crippen molar-refractivity contribution in [1.29, 1.82) is 0 Å². The van der Waals surface area contributed by atoms with Crippen molar-refractivity contribution in [3.8, 4) is 0 Å². The van der Waals surface area contributed by atoms with E-state index in [2.05, 4.69) is 4.72 Å². The Hall–Kier alpha value is -4.48. The summed E-state index contributed by atoms with van der Waals surface area (Å²) in [7, 11) is -17.7. The molecule has 1 aliphatic rings. The van der Waals surface area contributed by atoms with Gasteiger partial charge in [-0.3, -0.25) is 22.5 Å². The molecular formula is C43H49N2O13S5+. The number of sulfonamides is 1. The van der Waals surface area contributed by atoms with Gasteiger partial charge in [0.05, 0.1) is 34.2 Å². The van der Waals surface area contributed by atoms with Crippen LogP contribution in [0.15, 0.2) is 95.4 Å². The van der Waals surface area contributed by atoms with E-state index in [0.717, 1.165) is 37.7 Å². The highest BCUT2D eigenvalue weighted by atomic mass is 32.2. The molecule has 5 N–H and O–H groups in total. The van der Waals surface area contributed by atoms with Gasteiger partial charge in [0.15, 0.2) is 5.25 Å². The lowest BCUT2D eigenvalue weighted by molar-refractivity contribution is 0.480. The van der Waals surface area contributed by atoms with Crippen molar-refractivity contribution in [2.75, 3.05) is 28.9 Å². The normalized spacial score (nSPS) is 14.9. The maximum atomic E-state index is 13.3. The maximum absolute atomic E-state index is 13.3. The van der Waals surface area contributed by atoms with Crippen LogP contribution in [0, 0.1) is 46.8 Å². The Labute approximate surface area is 372 Å². The number of hydrogen-bond acceptors (Lipinski definition) is 9. The van der Waals surface area contributed by atoms with Crippen LogP contribution in [-0.2, 0) is 64.5 Å². The van der Waals surface area contributed by atoms with Crippen molar-refractivity contribution < 1.29 is 56.1 Å². The minimum absolute atomic E-state index is 0.00308. The Balaban J connectivity index is 1.52. The van der Waals surface area contributed by atoms with Crippen molar-refractivity contribution in [2.24, 2.45) is 0 Å². The summed E-state index contributed by atoms with van der Waals surface area (Å²) in [6, 6.07) is 18.1. The summed E-state index contributed by atoms with van der Waals surface area (Å²) in [5, 5.41) is -0.309. The third kappa shape index (κ3) is 12.2. The molecule has 0 saturated carbocycles. The second-order valence-electron chi connectivity index (χ2n) is 15.3. The number of hydrogen-bond donors (Lipinski definition) is 5. The molecule has 5 rings (SSSR count). The van der Waals surface area contributed by atoms with Gasteiger partial charge < -0.3 is 0 Å². The molecule has 0 amide bonds. The van der Waals surface area contributed by atoms with Gasteiger partial charge in [-0.1, -0.05) is 36.4 Å². The van der Waals surface area contributed by atoms with Gasteiger partial charge in [-0.05, 0) is 134 Å². The highest BCUT2D eigenvalue weighted by Crippen LogP contribution is 2.38. The molecule has 20 heteroatoms. The van der Waals surface area contributed by atoms with Crippen molar-refractivity contribution in [1.82, 2.24) is 4.72 Å². The molecule has 0 aromatic heterocycles. The monoisotopic (exact) mass is 961 g/mol. The van der Waals surface area contributed by atoms with Gasteiger partial charge in [0, 0.05) is 42.0 Å². The van der Waals surface area contributed by atoms with Crippen molar-refractivity contribution in [3.05, 3.63) is 163 Å². The van der Waals surface area contributed by atoms with Gasteiger partial charge >= 0.3 is 10.1 Å². The molecule has 63 heavy (non-hydrogen) atoms. The van der Waals surface area contributed by atoms with E-state index in [0.29, 0.717) is 57.5 Å². The zero-order valence-corrected chi connectivity index (χ0v) is 39.4. The number of benzene rings is 4. The van der Waals surface area contributed by atoms with E-state index in [1.54, 1.807) is 58.0 Å². The number of nitrogens with one attached hydrogen (secondary N) is 1. The third-order valence-electron chi connectivity index (χ3n) is 10.7. The quantitative estimate of drug-likeness (QED) is 0.0459. The van der Waals surface area contributed by atoms with Crippen molar-refractivity contribution in [3.63, 3.8) is 0 Å². The molecule has 0 fully saturated rings. The second kappa shape index (κ2) is 19.3. The standard InChI is InChI=1S/C43H48N2O13S5/c1-27-23-29(3)42(45(59(46)47)20-22-61(51,52)53)31(5)38(27)25-33-11-15-35(16-12-33)41(37-9-7-8-10-40(37)63(56,57)58)36-17-13-34(14-18-36)26-39-28(2)24-30(4)43(32(39)6)62(54,55)44-19-21-60(48,49)50/h7-18,23-24,44H,19-22,25-26H2,1-6H3,(H3-,46,47,48,49,50,51,52,53,56,57,58)/p+1. The van der Waals surface area contributed by atoms with Crippen LogP contribution in [0.2, 0.25) is 0 Å². The fourth-order valence-electron chi connectivity index (χ4n) is 7.97. The Kier molecular flexibility index (Phi) is 15.2. The zero-order valence-electron chi connectivity index (χ0n) is 35.3.